The second-order valence-electron chi connectivity index (χ2n) is 4.85. The van der Waals surface area contributed by atoms with Crippen LogP contribution in [0.1, 0.15) is 20.7 Å². The molecule has 124 valence electrons. The zero-order valence-electron chi connectivity index (χ0n) is 12.8. The van der Waals surface area contributed by atoms with E-state index in [1.54, 1.807) is 36.7 Å². The van der Waals surface area contributed by atoms with Gasteiger partial charge in [0.05, 0.1) is 16.1 Å². The van der Waals surface area contributed by atoms with Gasteiger partial charge in [-0.3, -0.25) is 9.97 Å². The van der Waals surface area contributed by atoms with Crippen molar-refractivity contribution >= 4 is 23.5 Å². The second-order valence-corrected chi connectivity index (χ2v) is 5.26. The largest absolute Gasteiger partial charge is 0.423 e. The third kappa shape index (κ3) is 4.19. The highest BCUT2D eigenvalue weighted by atomic mass is 35.5. The average Bonchev–Trinajstić information content (AvgIpc) is 2.65. The van der Waals surface area contributed by atoms with Crippen LogP contribution in [0.3, 0.4) is 0 Å². The summed E-state index contributed by atoms with van der Waals surface area (Å²) in [7, 11) is 0. The molecule has 0 saturated carbocycles. The molecule has 25 heavy (non-hydrogen) atoms. The highest BCUT2D eigenvalue weighted by Crippen LogP contribution is 2.29. The van der Waals surface area contributed by atoms with Crippen LogP contribution < -0.4 is 9.47 Å². The summed E-state index contributed by atoms with van der Waals surface area (Å²) in [6, 6.07) is 10.7. The first kappa shape index (κ1) is 16.6. The topological polar surface area (TPSA) is 78.4 Å². The molecule has 0 aliphatic heterocycles. The van der Waals surface area contributed by atoms with Gasteiger partial charge in [-0.05, 0) is 36.4 Å². The fourth-order valence-electron chi connectivity index (χ4n) is 1.92. The number of halogens is 1. The summed E-state index contributed by atoms with van der Waals surface area (Å²) < 4.78 is 10.4. The molecule has 0 N–H and O–H groups in total. The maximum atomic E-state index is 12.0. The first-order valence-electron chi connectivity index (χ1n) is 7.17. The highest BCUT2D eigenvalue weighted by molar-refractivity contribution is 6.32. The average molecular weight is 355 g/mol. The first-order valence-corrected chi connectivity index (χ1v) is 7.55. The maximum absolute atomic E-state index is 12.0. The molecule has 0 atom stereocenters. The molecule has 0 aliphatic rings. The summed E-state index contributed by atoms with van der Waals surface area (Å²) in [6.07, 6.45) is 5.89. The van der Waals surface area contributed by atoms with E-state index in [4.69, 9.17) is 21.1 Å². The highest BCUT2D eigenvalue weighted by Gasteiger charge is 2.14. The van der Waals surface area contributed by atoms with Gasteiger partial charge in [-0.2, -0.15) is 0 Å². The monoisotopic (exact) mass is 354 g/mol. The van der Waals surface area contributed by atoms with E-state index in [-0.39, 0.29) is 16.5 Å². The summed E-state index contributed by atoms with van der Waals surface area (Å²) in [5.74, 6) is -0.781. The van der Waals surface area contributed by atoms with Gasteiger partial charge in [0.25, 0.3) is 0 Å². The number of hydrogen-bond donors (Lipinski definition) is 0. The normalized spacial score (nSPS) is 10.1. The molecule has 0 bridgehead atoms. The van der Waals surface area contributed by atoms with Crippen LogP contribution in [0.4, 0.5) is 0 Å². The molecule has 1 aromatic carbocycles. The predicted molar refractivity (Wildman–Crippen MR) is 89.8 cm³/mol. The Hall–Kier alpha value is -3.25. The number of esters is 2. The molecule has 0 unspecified atom stereocenters. The van der Waals surface area contributed by atoms with Crippen molar-refractivity contribution in [3.8, 4) is 11.5 Å². The molecule has 0 fully saturated rings. The molecule has 0 aliphatic carbocycles. The van der Waals surface area contributed by atoms with Crippen LogP contribution >= 0.6 is 11.6 Å². The van der Waals surface area contributed by atoms with E-state index in [9.17, 15) is 9.59 Å². The number of benzene rings is 1. The lowest BCUT2D eigenvalue weighted by molar-refractivity contribution is 0.0719. The van der Waals surface area contributed by atoms with E-state index >= 15 is 0 Å². The summed E-state index contributed by atoms with van der Waals surface area (Å²) in [5.41, 5.74) is 0.608. The molecule has 2 aromatic heterocycles. The van der Waals surface area contributed by atoms with E-state index in [2.05, 4.69) is 9.97 Å². The second kappa shape index (κ2) is 7.55. The Balaban J connectivity index is 1.71. The Morgan fingerprint density at radius 1 is 0.840 bits per heavy atom. The number of carbonyl (C=O) groups excluding carboxylic acids is 2. The number of carbonyl (C=O) groups is 2. The Bertz CT molecular complexity index is 901. The molecular formula is C18H11ClN2O4. The Morgan fingerprint density at radius 2 is 1.44 bits per heavy atom. The Labute approximate surface area is 148 Å². The third-order valence-corrected chi connectivity index (χ3v) is 3.41. The minimum absolute atomic E-state index is 0.133. The van der Waals surface area contributed by atoms with Gasteiger partial charge >= 0.3 is 11.9 Å². The number of ether oxygens (including phenoxy) is 2. The van der Waals surface area contributed by atoms with Crippen molar-refractivity contribution in [3.63, 3.8) is 0 Å². The maximum Gasteiger partial charge on any atom is 0.345 e. The SMILES string of the molecule is O=C(Oc1ccc(OC(=O)c2cccnc2)c(Cl)c1)c1cccnc1. The van der Waals surface area contributed by atoms with Crippen molar-refractivity contribution in [2.45, 2.75) is 0 Å². The number of nitrogens with zero attached hydrogens (tertiary/aromatic N) is 2. The third-order valence-electron chi connectivity index (χ3n) is 3.11. The molecular weight excluding hydrogens is 344 g/mol. The molecule has 2 heterocycles. The number of aromatic nitrogens is 2. The lowest BCUT2D eigenvalue weighted by Gasteiger charge is -2.08. The smallest absolute Gasteiger partial charge is 0.345 e. The molecule has 0 saturated heterocycles. The van der Waals surface area contributed by atoms with E-state index in [1.165, 1.54) is 30.6 Å². The predicted octanol–water partition coefficient (Wildman–Crippen LogP) is 3.57. The molecule has 3 rings (SSSR count). The fraction of sp³-hybridized carbons (Fsp3) is 0. The van der Waals surface area contributed by atoms with Gasteiger partial charge in [0.1, 0.15) is 11.5 Å². The molecule has 0 amide bonds. The number of rotatable bonds is 4. The van der Waals surface area contributed by atoms with E-state index in [0.717, 1.165) is 0 Å². The van der Waals surface area contributed by atoms with E-state index in [1.807, 2.05) is 0 Å². The van der Waals surface area contributed by atoms with Crippen LogP contribution in [0.15, 0.2) is 67.3 Å². The van der Waals surface area contributed by atoms with Crippen LogP contribution in [0.25, 0.3) is 0 Å². The Morgan fingerprint density at radius 3 is 1.96 bits per heavy atom. The number of hydrogen-bond acceptors (Lipinski definition) is 6. The van der Waals surface area contributed by atoms with Crippen molar-refractivity contribution in [1.29, 1.82) is 0 Å². The zero-order chi connectivity index (χ0) is 17.6. The summed E-state index contributed by atoms with van der Waals surface area (Å²) in [5, 5.41) is 0.133. The zero-order valence-corrected chi connectivity index (χ0v) is 13.5. The van der Waals surface area contributed by atoms with Gasteiger partial charge in [0.15, 0.2) is 0 Å². The molecule has 0 radical (unpaired) electrons. The molecule has 3 aromatic rings. The minimum atomic E-state index is -0.588. The van der Waals surface area contributed by atoms with Gasteiger partial charge in [0, 0.05) is 30.9 Å². The van der Waals surface area contributed by atoms with Gasteiger partial charge < -0.3 is 9.47 Å². The quantitative estimate of drug-likeness (QED) is 0.526. The van der Waals surface area contributed by atoms with Crippen molar-refractivity contribution in [2.24, 2.45) is 0 Å². The fourth-order valence-corrected chi connectivity index (χ4v) is 2.13. The van der Waals surface area contributed by atoms with Crippen molar-refractivity contribution in [1.82, 2.24) is 9.97 Å². The van der Waals surface area contributed by atoms with Crippen LogP contribution in [-0.2, 0) is 0 Å². The van der Waals surface area contributed by atoms with Gasteiger partial charge in [-0.15, -0.1) is 0 Å². The summed E-state index contributed by atoms with van der Waals surface area (Å²) in [4.78, 5) is 31.7. The van der Waals surface area contributed by atoms with Crippen LogP contribution in [-0.4, -0.2) is 21.9 Å². The Kier molecular flexibility index (Phi) is 5.01. The minimum Gasteiger partial charge on any atom is -0.423 e. The lowest BCUT2D eigenvalue weighted by Crippen LogP contribution is -2.10. The van der Waals surface area contributed by atoms with E-state index < -0.39 is 11.9 Å². The first-order chi connectivity index (χ1) is 12.1. The molecule has 0 spiro atoms. The summed E-state index contributed by atoms with van der Waals surface area (Å²) in [6.45, 7) is 0. The van der Waals surface area contributed by atoms with Crippen molar-refractivity contribution < 1.29 is 19.1 Å². The standard InChI is InChI=1S/C18H11ClN2O4/c19-15-9-14(24-17(22)12-3-1-7-20-10-12)5-6-16(15)25-18(23)13-4-2-8-21-11-13/h1-11H. The van der Waals surface area contributed by atoms with Crippen molar-refractivity contribution in [3.05, 3.63) is 83.4 Å². The number of pyridine rings is 2. The summed E-state index contributed by atoms with van der Waals surface area (Å²) >= 11 is 6.09. The van der Waals surface area contributed by atoms with Gasteiger partial charge in [-0.25, -0.2) is 9.59 Å². The lowest BCUT2D eigenvalue weighted by atomic mass is 10.3. The molecule has 7 heteroatoms. The van der Waals surface area contributed by atoms with E-state index in [0.29, 0.717) is 11.1 Å². The van der Waals surface area contributed by atoms with Gasteiger partial charge in [-0.1, -0.05) is 11.6 Å². The molecule has 6 nitrogen and oxygen atoms in total. The van der Waals surface area contributed by atoms with Crippen LogP contribution in [0.5, 0.6) is 11.5 Å². The van der Waals surface area contributed by atoms with Crippen LogP contribution in [0.2, 0.25) is 5.02 Å². The van der Waals surface area contributed by atoms with Crippen molar-refractivity contribution in [2.75, 3.05) is 0 Å². The van der Waals surface area contributed by atoms with Gasteiger partial charge in [0.2, 0.25) is 0 Å². The van der Waals surface area contributed by atoms with Crippen LogP contribution in [0, 0.1) is 0 Å².